The third-order valence-corrected chi connectivity index (χ3v) is 5.13. The molecule has 0 aromatic carbocycles. The second-order valence-corrected chi connectivity index (χ2v) is 7.06. The fraction of sp³-hybridized carbons (Fsp3) is 0.357. The summed E-state index contributed by atoms with van der Waals surface area (Å²) in [7, 11) is -4.13. The first-order valence-electron chi connectivity index (χ1n) is 7.11. The minimum atomic E-state index is -4.13. The first kappa shape index (κ1) is 16.4. The summed E-state index contributed by atoms with van der Waals surface area (Å²) in [6.45, 7) is 1.72. The highest BCUT2D eigenvalue weighted by atomic mass is 32.2. The maximum Gasteiger partial charge on any atom is 0.356 e. The first-order chi connectivity index (χ1) is 11.3. The number of sulfonamides is 1. The summed E-state index contributed by atoms with van der Waals surface area (Å²) in [4.78, 5) is 15.2. The van der Waals surface area contributed by atoms with Gasteiger partial charge in [0.25, 0.3) is 0 Å². The fourth-order valence-corrected chi connectivity index (χ4v) is 3.59. The predicted octanol–water partition coefficient (Wildman–Crippen LogP) is 0.985. The van der Waals surface area contributed by atoms with Crippen molar-refractivity contribution in [1.82, 2.24) is 14.1 Å². The molecule has 2 aromatic heterocycles. The van der Waals surface area contributed by atoms with Crippen LogP contribution in [0.1, 0.15) is 30.3 Å². The Morgan fingerprint density at radius 1 is 1.58 bits per heavy atom. The van der Waals surface area contributed by atoms with Crippen LogP contribution < -0.4 is 4.72 Å². The molecule has 1 saturated carbocycles. The second-order valence-electron chi connectivity index (χ2n) is 5.38. The molecule has 0 spiro atoms. The largest absolute Gasteiger partial charge is 0.461 e. The van der Waals surface area contributed by atoms with Gasteiger partial charge >= 0.3 is 5.97 Å². The Kier molecular flexibility index (Phi) is 3.77. The van der Waals surface area contributed by atoms with E-state index in [9.17, 15) is 17.6 Å². The van der Waals surface area contributed by atoms with Crippen LogP contribution in [0.4, 0.5) is 4.39 Å². The molecule has 3 rings (SSSR count). The molecule has 0 amide bonds. The SMILES string of the molecule is CCOC(=O)c1cnc2c(F)cc(S(=O)(=O)NC3(C#N)CC3)cn12. The van der Waals surface area contributed by atoms with Gasteiger partial charge in [0.1, 0.15) is 10.4 Å². The molecule has 0 unspecified atom stereocenters. The fourth-order valence-electron chi connectivity index (χ4n) is 2.20. The number of pyridine rings is 1. The number of nitriles is 1. The van der Waals surface area contributed by atoms with Crippen molar-refractivity contribution in [3.05, 3.63) is 30.0 Å². The molecule has 8 nitrogen and oxygen atoms in total. The zero-order chi connectivity index (χ0) is 17.5. The second kappa shape index (κ2) is 5.54. The standard InChI is InChI=1S/C14H13FN4O4S/c1-2-23-13(20)11-6-17-12-10(15)5-9(7-19(11)12)24(21,22)18-14(8-16)3-4-14/h5-7,18H,2-4H2,1H3. The Bertz CT molecular complexity index is 973. The molecule has 2 heterocycles. The van der Waals surface area contributed by atoms with Crippen molar-refractivity contribution in [2.45, 2.75) is 30.2 Å². The molecule has 0 atom stereocenters. The lowest BCUT2D eigenvalue weighted by atomic mass is 10.3. The van der Waals surface area contributed by atoms with Crippen LogP contribution in [0.25, 0.3) is 5.65 Å². The molecule has 2 aromatic rings. The normalized spacial score (nSPS) is 15.9. The van der Waals surface area contributed by atoms with E-state index in [0.29, 0.717) is 12.8 Å². The molecular formula is C14H13FN4O4S. The first-order valence-corrected chi connectivity index (χ1v) is 8.59. The van der Waals surface area contributed by atoms with Gasteiger partial charge in [-0.2, -0.15) is 9.98 Å². The van der Waals surface area contributed by atoms with Gasteiger partial charge < -0.3 is 4.74 Å². The molecule has 0 radical (unpaired) electrons. The number of carbonyl (C=O) groups is 1. The monoisotopic (exact) mass is 352 g/mol. The van der Waals surface area contributed by atoms with E-state index in [4.69, 9.17) is 10.00 Å². The Balaban J connectivity index is 2.08. The minimum Gasteiger partial charge on any atom is -0.461 e. The molecule has 0 saturated heterocycles. The number of imidazole rings is 1. The van der Waals surface area contributed by atoms with Crippen molar-refractivity contribution in [1.29, 1.82) is 5.26 Å². The molecule has 1 N–H and O–H groups in total. The van der Waals surface area contributed by atoms with Crippen LogP contribution in [0, 0.1) is 17.1 Å². The molecule has 10 heteroatoms. The van der Waals surface area contributed by atoms with Gasteiger partial charge in [-0.15, -0.1) is 0 Å². The summed E-state index contributed by atoms with van der Waals surface area (Å²) in [5.41, 5.74) is -1.42. The summed E-state index contributed by atoms with van der Waals surface area (Å²) in [5, 5.41) is 9.01. The van der Waals surface area contributed by atoms with E-state index in [1.54, 1.807) is 6.92 Å². The van der Waals surface area contributed by atoms with E-state index in [0.717, 1.165) is 22.9 Å². The van der Waals surface area contributed by atoms with E-state index in [1.165, 1.54) is 0 Å². The lowest BCUT2D eigenvalue weighted by molar-refractivity contribution is 0.0518. The highest BCUT2D eigenvalue weighted by molar-refractivity contribution is 7.89. The van der Waals surface area contributed by atoms with Gasteiger partial charge in [0.15, 0.2) is 17.2 Å². The van der Waals surface area contributed by atoms with Gasteiger partial charge in [0.05, 0.1) is 18.9 Å². The lowest BCUT2D eigenvalue weighted by Crippen LogP contribution is -2.35. The van der Waals surface area contributed by atoms with E-state index in [1.807, 2.05) is 6.07 Å². The Morgan fingerprint density at radius 3 is 2.88 bits per heavy atom. The van der Waals surface area contributed by atoms with Crippen molar-refractivity contribution in [3.8, 4) is 6.07 Å². The summed E-state index contributed by atoms with van der Waals surface area (Å²) >= 11 is 0. The van der Waals surface area contributed by atoms with Crippen LogP contribution in [-0.2, 0) is 14.8 Å². The number of rotatable bonds is 5. The maximum atomic E-state index is 14.2. The molecule has 1 aliphatic rings. The van der Waals surface area contributed by atoms with Crippen LogP contribution in [-0.4, -0.2) is 35.9 Å². The van der Waals surface area contributed by atoms with E-state index >= 15 is 0 Å². The van der Waals surface area contributed by atoms with Crippen LogP contribution >= 0.6 is 0 Å². The molecule has 1 fully saturated rings. The van der Waals surface area contributed by atoms with Crippen LogP contribution in [0.15, 0.2) is 23.4 Å². The van der Waals surface area contributed by atoms with Crippen molar-refractivity contribution in [2.75, 3.05) is 6.61 Å². The number of hydrogen-bond donors (Lipinski definition) is 1. The molecule has 126 valence electrons. The van der Waals surface area contributed by atoms with Crippen molar-refractivity contribution in [3.63, 3.8) is 0 Å². The predicted molar refractivity (Wildman–Crippen MR) is 79.0 cm³/mol. The summed E-state index contributed by atoms with van der Waals surface area (Å²) in [6.07, 6.45) is 2.98. The molecule has 24 heavy (non-hydrogen) atoms. The zero-order valence-corrected chi connectivity index (χ0v) is 13.4. The number of ether oxygens (including phenoxy) is 1. The average molecular weight is 352 g/mol. The number of hydrogen-bond acceptors (Lipinski definition) is 6. The summed E-state index contributed by atoms with van der Waals surface area (Å²) in [5.74, 6) is -1.65. The van der Waals surface area contributed by atoms with Gasteiger partial charge in [-0.05, 0) is 25.8 Å². The highest BCUT2D eigenvalue weighted by Crippen LogP contribution is 2.36. The number of aromatic nitrogens is 2. The number of carbonyl (C=O) groups excluding carboxylic acids is 1. The van der Waals surface area contributed by atoms with Crippen molar-refractivity contribution < 1.29 is 22.3 Å². The molecule has 0 bridgehead atoms. The highest BCUT2D eigenvalue weighted by Gasteiger charge is 2.47. The van der Waals surface area contributed by atoms with Crippen molar-refractivity contribution in [2.24, 2.45) is 0 Å². The topological polar surface area (TPSA) is 114 Å². The molecule has 0 aliphatic heterocycles. The number of esters is 1. The average Bonchev–Trinajstić information content (AvgIpc) is 3.15. The maximum absolute atomic E-state index is 14.2. The smallest absolute Gasteiger partial charge is 0.356 e. The van der Waals surface area contributed by atoms with Gasteiger partial charge in [0, 0.05) is 6.20 Å². The quantitative estimate of drug-likeness (QED) is 0.803. The van der Waals surface area contributed by atoms with Crippen LogP contribution in [0.2, 0.25) is 0 Å². The Morgan fingerprint density at radius 2 is 2.29 bits per heavy atom. The number of fused-ring (bicyclic) bond motifs is 1. The molecular weight excluding hydrogens is 339 g/mol. The number of halogens is 1. The van der Waals surface area contributed by atoms with Crippen molar-refractivity contribution >= 4 is 21.6 Å². The third kappa shape index (κ3) is 2.72. The number of nitrogens with one attached hydrogen (secondary N) is 1. The summed E-state index contributed by atoms with van der Waals surface area (Å²) < 4.78 is 47.1. The molecule has 1 aliphatic carbocycles. The minimum absolute atomic E-state index is 0.0933. The lowest BCUT2D eigenvalue weighted by Gasteiger charge is -2.11. The van der Waals surface area contributed by atoms with E-state index in [-0.39, 0.29) is 17.9 Å². The van der Waals surface area contributed by atoms with Gasteiger partial charge in [0.2, 0.25) is 10.0 Å². The van der Waals surface area contributed by atoms with Gasteiger partial charge in [-0.3, -0.25) is 4.40 Å². The van der Waals surface area contributed by atoms with E-state index in [2.05, 4.69) is 9.71 Å². The van der Waals surface area contributed by atoms with Gasteiger partial charge in [-0.1, -0.05) is 0 Å². The Labute approximate surface area is 136 Å². The number of nitrogens with zero attached hydrogens (tertiary/aromatic N) is 3. The zero-order valence-electron chi connectivity index (χ0n) is 12.6. The Hall–Kier alpha value is -2.51. The van der Waals surface area contributed by atoms with E-state index < -0.39 is 32.2 Å². The van der Waals surface area contributed by atoms with Gasteiger partial charge in [-0.25, -0.2) is 22.6 Å². The van der Waals surface area contributed by atoms with Crippen LogP contribution in [0.3, 0.4) is 0 Å². The van der Waals surface area contributed by atoms with Crippen LogP contribution in [0.5, 0.6) is 0 Å². The third-order valence-electron chi connectivity index (χ3n) is 3.62. The summed E-state index contributed by atoms with van der Waals surface area (Å²) in [6, 6.07) is 2.69.